The number of aliphatic hydroxyl groups excluding tert-OH is 1. The van der Waals surface area contributed by atoms with Gasteiger partial charge in [-0.1, -0.05) is 6.08 Å². The molecule has 0 unspecified atom stereocenters. The van der Waals surface area contributed by atoms with Crippen molar-refractivity contribution in [2.45, 2.75) is 6.92 Å². The molecule has 0 aromatic carbocycles. The molecule has 0 fully saturated rings. The molecule has 0 amide bonds. The van der Waals surface area contributed by atoms with Gasteiger partial charge in [-0.05, 0) is 25.2 Å². The summed E-state index contributed by atoms with van der Waals surface area (Å²) in [7, 11) is 0. The van der Waals surface area contributed by atoms with Crippen LogP contribution in [0.4, 0.5) is 0 Å². The van der Waals surface area contributed by atoms with Gasteiger partial charge in [0.05, 0.1) is 0 Å². The monoisotopic (exact) mass is 209 g/mol. The first kappa shape index (κ1) is 10.4. The number of aliphatic hydroxyl groups is 1. The van der Waals surface area contributed by atoms with Crippen LogP contribution in [-0.2, 0) is 22.4 Å². The van der Waals surface area contributed by atoms with Crippen LogP contribution < -0.4 is 0 Å². The normalized spacial score (nSPS) is 8.14. The molecular weight excluding hydrogens is 204 g/mol. The number of thiocarbonyl (C=S) groups is 1. The SMILES string of the molecule is CC=CC(O)=S.[Ag]. The third-order valence-corrected chi connectivity index (χ3v) is 0.445. The summed E-state index contributed by atoms with van der Waals surface area (Å²) in [5.41, 5.74) is 0. The van der Waals surface area contributed by atoms with Gasteiger partial charge < -0.3 is 5.11 Å². The van der Waals surface area contributed by atoms with Gasteiger partial charge in [-0.25, -0.2) is 0 Å². The first-order valence-electron chi connectivity index (χ1n) is 1.63. The molecule has 0 aromatic heterocycles. The standard InChI is InChI=1S/C4H6OS.Ag/c1-2-3-4(5)6;/h2-3H,1H3,(H,5,6);. The molecule has 0 rings (SSSR count). The summed E-state index contributed by atoms with van der Waals surface area (Å²) in [5, 5.41) is 8.14. The Hall–Kier alpha value is 0.370. The average molecular weight is 210 g/mol. The van der Waals surface area contributed by atoms with E-state index in [0.717, 1.165) is 0 Å². The van der Waals surface area contributed by atoms with Gasteiger partial charge in [-0.15, -0.1) is 0 Å². The fourth-order valence-corrected chi connectivity index (χ4v) is 0.279. The van der Waals surface area contributed by atoms with E-state index in [2.05, 4.69) is 12.2 Å². The van der Waals surface area contributed by atoms with Crippen molar-refractivity contribution in [2.24, 2.45) is 0 Å². The van der Waals surface area contributed by atoms with E-state index in [1.54, 1.807) is 13.0 Å². The van der Waals surface area contributed by atoms with Gasteiger partial charge in [0.2, 0.25) is 0 Å². The second kappa shape index (κ2) is 6.37. The molecule has 0 aliphatic carbocycles. The molecule has 1 radical (unpaired) electrons. The molecule has 0 saturated carbocycles. The Labute approximate surface area is 63.9 Å². The molecule has 0 aromatic rings. The van der Waals surface area contributed by atoms with Gasteiger partial charge in [0.15, 0.2) is 5.05 Å². The summed E-state index contributed by atoms with van der Waals surface area (Å²) < 4.78 is 0. The number of hydrogen-bond donors (Lipinski definition) is 1. The Balaban J connectivity index is 0. The largest absolute Gasteiger partial charge is 0.499 e. The van der Waals surface area contributed by atoms with Crippen molar-refractivity contribution < 1.29 is 27.5 Å². The van der Waals surface area contributed by atoms with Crippen molar-refractivity contribution >= 4 is 17.3 Å². The Morgan fingerprint density at radius 3 is 2.14 bits per heavy atom. The minimum Gasteiger partial charge on any atom is -0.499 e. The van der Waals surface area contributed by atoms with Gasteiger partial charge in [-0.2, -0.15) is 0 Å². The molecule has 0 aliphatic rings. The van der Waals surface area contributed by atoms with E-state index >= 15 is 0 Å². The third-order valence-electron chi connectivity index (χ3n) is 0.309. The first-order chi connectivity index (χ1) is 2.77. The predicted octanol–water partition coefficient (Wildman–Crippen LogP) is 1.45. The van der Waals surface area contributed by atoms with Crippen LogP contribution in [-0.4, -0.2) is 10.2 Å². The van der Waals surface area contributed by atoms with E-state index in [-0.39, 0.29) is 27.4 Å². The summed E-state index contributed by atoms with van der Waals surface area (Å²) in [5.74, 6) is 0. The topological polar surface area (TPSA) is 20.2 Å². The van der Waals surface area contributed by atoms with Crippen LogP contribution in [0.5, 0.6) is 0 Å². The number of rotatable bonds is 1. The van der Waals surface area contributed by atoms with Crippen LogP contribution in [0.2, 0.25) is 0 Å². The molecule has 0 spiro atoms. The first-order valence-corrected chi connectivity index (χ1v) is 2.04. The zero-order chi connectivity index (χ0) is 4.99. The van der Waals surface area contributed by atoms with E-state index < -0.39 is 0 Å². The molecule has 45 valence electrons. The number of hydrogen-bond acceptors (Lipinski definition) is 1. The quantitative estimate of drug-likeness (QED) is 0.401. The van der Waals surface area contributed by atoms with E-state index in [1.807, 2.05) is 0 Å². The zero-order valence-electron chi connectivity index (χ0n) is 3.81. The summed E-state index contributed by atoms with van der Waals surface area (Å²) in [4.78, 5) is 0. The Bertz CT molecular complexity index is 79.8. The van der Waals surface area contributed by atoms with Crippen molar-refractivity contribution in [3.63, 3.8) is 0 Å². The fraction of sp³-hybridized carbons (Fsp3) is 0.250. The predicted molar refractivity (Wildman–Crippen MR) is 30.0 cm³/mol. The van der Waals surface area contributed by atoms with Gasteiger partial charge in [0, 0.05) is 22.4 Å². The summed E-state index contributed by atoms with van der Waals surface area (Å²) in [6.45, 7) is 1.79. The van der Waals surface area contributed by atoms with Crippen molar-refractivity contribution in [1.29, 1.82) is 0 Å². The molecule has 1 N–H and O–H groups in total. The van der Waals surface area contributed by atoms with E-state index in [1.165, 1.54) is 6.08 Å². The maximum atomic E-state index is 8.20. The molecule has 0 aliphatic heterocycles. The van der Waals surface area contributed by atoms with Gasteiger partial charge in [0.1, 0.15) is 0 Å². The van der Waals surface area contributed by atoms with Crippen molar-refractivity contribution in [3.8, 4) is 0 Å². The van der Waals surface area contributed by atoms with Crippen LogP contribution >= 0.6 is 12.2 Å². The second-order valence-electron chi connectivity index (χ2n) is 0.838. The third kappa shape index (κ3) is 10.7. The average Bonchev–Trinajstić information content (AvgIpc) is 1.35. The van der Waals surface area contributed by atoms with Crippen LogP contribution in [0, 0.1) is 0 Å². The Morgan fingerprint density at radius 2 is 2.14 bits per heavy atom. The smallest absolute Gasteiger partial charge is 0.180 e. The van der Waals surface area contributed by atoms with Crippen LogP contribution in [0.15, 0.2) is 12.2 Å². The summed E-state index contributed by atoms with van der Waals surface area (Å²) in [6, 6.07) is 0. The molecule has 3 heteroatoms. The van der Waals surface area contributed by atoms with Crippen molar-refractivity contribution in [2.75, 3.05) is 0 Å². The maximum absolute atomic E-state index is 8.20. The van der Waals surface area contributed by atoms with Gasteiger partial charge in [0.25, 0.3) is 0 Å². The molecule has 7 heavy (non-hydrogen) atoms. The molecule has 0 saturated heterocycles. The summed E-state index contributed by atoms with van der Waals surface area (Å²) >= 11 is 4.26. The Morgan fingerprint density at radius 1 is 1.71 bits per heavy atom. The molecule has 0 heterocycles. The molecule has 1 nitrogen and oxygen atoms in total. The molecular formula is C4H6AgOS. The van der Waals surface area contributed by atoms with Crippen LogP contribution in [0.3, 0.4) is 0 Å². The fourth-order valence-electron chi connectivity index (χ4n) is 0.143. The zero-order valence-corrected chi connectivity index (χ0v) is 6.11. The van der Waals surface area contributed by atoms with Crippen molar-refractivity contribution in [3.05, 3.63) is 12.2 Å². The van der Waals surface area contributed by atoms with Crippen LogP contribution in [0.25, 0.3) is 0 Å². The second-order valence-corrected chi connectivity index (χ2v) is 1.26. The van der Waals surface area contributed by atoms with Gasteiger partial charge >= 0.3 is 0 Å². The van der Waals surface area contributed by atoms with Crippen molar-refractivity contribution in [1.82, 2.24) is 0 Å². The van der Waals surface area contributed by atoms with E-state index in [0.29, 0.717) is 0 Å². The summed E-state index contributed by atoms with van der Waals surface area (Å²) in [6.07, 6.45) is 3.14. The minimum atomic E-state index is -0.0579. The van der Waals surface area contributed by atoms with Gasteiger partial charge in [-0.3, -0.25) is 0 Å². The van der Waals surface area contributed by atoms with E-state index in [9.17, 15) is 0 Å². The molecule has 0 bridgehead atoms. The Kier molecular flexibility index (Phi) is 9.44. The minimum absolute atomic E-state index is 0. The maximum Gasteiger partial charge on any atom is 0.180 e. The van der Waals surface area contributed by atoms with E-state index in [4.69, 9.17) is 5.11 Å². The number of allylic oxidation sites excluding steroid dienone is 1. The van der Waals surface area contributed by atoms with Crippen LogP contribution in [0.1, 0.15) is 6.92 Å². The molecule has 0 atom stereocenters.